The van der Waals surface area contributed by atoms with Gasteiger partial charge in [0, 0.05) is 24.7 Å². The molecular weight excluding hydrogens is 260 g/mol. The molecule has 104 valence electrons. The van der Waals surface area contributed by atoms with Crippen LogP contribution in [0, 0.1) is 0 Å². The van der Waals surface area contributed by atoms with Crippen molar-refractivity contribution in [3.05, 3.63) is 22.3 Å². The van der Waals surface area contributed by atoms with Crippen LogP contribution in [0.5, 0.6) is 5.88 Å². The molecule has 0 amide bonds. The smallest absolute Gasteiger partial charge is 0.216 e. The second-order valence-electron chi connectivity index (χ2n) is 4.25. The number of ether oxygens (including phenoxy) is 1. The van der Waals surface area contributed by atoms with Crippen LogP contribution in [0.3, 0.4) is 0 Å². The maximum Gasteiger partial charge on any atom is 0.216 e. The maximum absolute atomic E-state index is 5.42. The van der Waals surface area contributed by atoms with Crippen LogP contribution in [0.4, 0.5) is 5.13 Å². The van der Waals surface area contributed by atoms with Crippen LogP contribution in [-0.4, -0.2) is 21.9 Å². The minimum Gasteiger partial charge on any atom is -0.481 e. The molecule has 0 unspecified atom stereocenters. The zero-order valence-electron chi connectivity index (χ0n) is 11.9. The van der Waals surface area contributed by atoms with Crippen molar-refractivity contribution in [2.75, 3.05) is 12.4 Å². The lowest BCUT2D eigenvalue weighted by atomic mass is 10.2. The quantitative estimate of drug-likeness (QED) is 0.883. The topological polar surface area (TPSA) is 52.0 Å². The minimum atomic E-state index is 0.691. The molecule has 2 heterocycles. The van der Waals surface area contributed by atoms with Gasteiger partial charge in [0.1, 0.15) is 0 Å². The number of hydrogen-bond donors (Lipinski definition) is 1. The van der Waals surface area contributed by atoms with Gasteiger partial charge in [0.25, 0.3) is 0 Å². The number of thiazole rings is 1. The van der Waals surface area contributed by atoms with Crippen LogP contribution in [0.1, 0.15) is 30.0 Å². The van der Waals surface area contributed by atoms with Crippen molar-refractivity contribution in [3.8, 4) is 5.88 Å². The van der Waals surface area contributed by atoms with E-state index in [0.717, 1.165) is 35.1 Å². The molecule has 2 aromatic rings. The summed E-state index contributed by atoms with van der Waals surface area (Å²) in [6.45, 7) is 4.93. The van der Waals surface area contributed by atoms with Crippen molar-refractivity contribution in [2.45, 2.75) is 33.2 Å². The summed E-state index contributed by atoms with van der Waals surface area (Å²) in [5.41, 5.74) is 2.18. The van der Waals surface area contributed by atoms with Gasteiger partial charge in [0.05, 0.1) is 18.4 Å². The number of anilines is 1. The lowest BCUT2D eigenvalue weighted by Crippen LogP contribution is -2.03. The molecule has 0 radical (unpaired) electrons. The molecule has 5 nitrogen and oxygen atoms in total. The van der Waals surface area contributed by atoms with Gasteiger partial charge in [0.2, 0.25) is 5.88 Å². The van der Waals surface area contributed by atoms with E-state index in [2.05, 4.69) is 29.2 Å². The Balaban J connectivity index is 2.14. The van der Waals surface area contributed by atoms with Crippen molar-refractivity contribution >= 4 is 16.5 Å². The molecule has 0 spiro atoms. The summed E-state index contributed by atoms with van der Waals surface area (Å²) in [6, 6.07) is 0. The van der Waals surface area contributed by atoms with Crippen LogP contribution in [0.15, 0.2) is 6.20 Å². The molecule has 2 rings (SSSR count). The van der Waals surface area contributed by atoms with E-state index in [4.69, 9.17) is 4.74 Å². The molecule has 0 saturated heterocycles. The standard InChI is InChI=1S/C13H20N4OS/c1-5-9-7-14-13(19-9)15-8-10-11(6-2)16-17(3)12(10)18-4/h7H,5-6,8H2,1-4H3,(H,14,15). The summed E-state index contributed by atoms with van der Waals surface area (Å²) in [4.78, 5) is 5.65. The molecule has 0 fully saturated rings. The summed E-state index contributed by atoms with van der Waals surface area (Å²) < 4.78 is 7.20. The highest BCUT2D eigenvalue weighted by molar-refractivity contribution is 7.15. The van der Waals surface area contributed by atoms with Gasteiger partial charge >= 0.3 is 0 Å². The summed E-state index contributed by atoms with van der Waals surface area (Å²) in [6.07, 6.45) is 3.84. The first-order valence-electron chi connectivity index (χ1n) is 6.46. The van der Waals surface area contributed by atoms with Gasteiger partial charge in [-0.3, -0.25) is 0 Å². The van der Waals surface area contributed by atoms with Gasteiger partial charge in [-0.15, -0.1) is 11.3 Å². The normalized spacial score (nSPS) is 10.7. The molecule has 6 heteroatoms. The van der Waals surface area contributed by atoms with E-state index in [9.17, 15) is 0 Å². The van der Waals surface area contributed by atoms with Crippen LogP contribution >= 0.6 is 11.3 Å². The van der Waals surface area contributed by atoms with Crippen LogP contribution in [-0.2, 0) is 26.4 Å². The number of rotatable bonds is 6. The summed E-state index contributed by atoms with van der Waals surface area (Å²) >= 11 is 1.70. The van der Waals surface area contributed by atoms with Gasteiger partial charge in [-0.05, 0) is 12.8 Å². The lowest BCUT2D eigenvalue weighted by Gasteiger charge is -2.06. The highest BCUT2D eigenvalue weighted by Gasteiger charge is 2.15. The van der Waals surface area contributed by atoms with Gasteiger partial charge in [0.15, 0.2) is 5.13 Å². The monoisotopic (exact) mass is 280 g/mol. The van der Waals surface area contributed by atoms with Crippen molar-refractivity contribution in [3.63, 3.8) is 0 Å². The molecule has 0 aliphatic carbocycles. The molecule has 19 heavy (non-hydrogen) atoms. The fourth-order valence-electron chi connectivity index (χ4n) is 2.04. The van der Waals surface area contributed by atoms with E-state index in [1.807, 2.05) is 13.2 Å². The minimum absolute atomic E-state index is 0.691. The molecule has 0 aromatic carbocycles. The Morgan fingerprint density at radius 2 is 2.16 bits per heavy atom. The number of nitrogens with one attached hydrogen (secondary N) is 1. The second kappa shape index (κ2) is 6.06. The average Bonchev–Trinajstić information content (AvgIpc) is 2.99. The average molecular weight is 280 g/mol. The van der Waals surface area contributed by atoms with Crippen molar-refractivity contribution < 1.29 is 4.74 Å². The van der Waals surface area contributed by atoms with Gasteiger partial charge < -0.3 is 10.1 Å². The SMILES string of the molecule is CCc1cnc(NCc2c(CC)nn(C)c2OC)s1. The molecule has 0 atom stereocenters. The van der Waals surface area contributed by atoms with Crippen LogP contribution < -0.4 is 10.1 Å². The molecule has 0 bridgehead atoms. The number of methoxy groups -OCH3 is 1. The third-order valence-corrected chi connectivity index (χ3v) is 4.12. The van der Waals surface area contributed by atoms with E-state index in [0.29, 0.717) is 6.54 Å². The molecule has 0 aliphatic rings. The van der Waals surface area contributed by atoms with E-state index in [1.54, 1.807) is 23.1 Å². The fourth-order valence-corrected chi connectivity index (χ4v) is 2.79. The molecular formula is C13H20N4OS. The third-order valence-electron chi connectivity index (χ3n) is 3.02. The number of aromatic nitrogens is 3. The van der Waals surface area contributed by atoms with Crippen molar-refractivity contribution in [1.82, 2.24) is 14.8 Å². The summed E-state index contributed by atoms with van der Waals surface area (Å²) in [5, 5.41) is 8.77. The van der Waals surface area contributed by atoms with Gasteiger partial charge in [-0.2, -0.15) is 5.10 Å². The van der Waals surface area contributed by atoms with E-state index in [1.165, 1.54) is 4.88 Å². The lowest BCUT2D eigenvalue weighted by molar-refractivity contribution is 0.370. The Morgan fingerprint density at radius 3 is 2.74 bits per heavy atom. The Labute approximate surface area is 117 Å². The molecule has 0 saturated carbocycles. The van der Waals surface area contributed by atoms with Crippen molar-refractivity contribution in [1.29, 1.82) is 0 Å². The zero-order chi connectivity index (χ0) is 13.8. The van der Waals surface area contributed by atoms with Crippen LogP contribution in [0.2, 0.25) is 0 Å². The number of nitrogens with zero attached hydrogens (tertiary/aromatic N) is 3. The maximum atomic E-state index is 5.42. The zero-order valence-corrected chi connectivity index (χ0v) is 12.7. The van der Waals surface area contributed by atoms with E-state index in [-0.39, 0.29) is 0 Å². The molecule has 1 N–H and O–H groups in total. The first-order chi connectivity index (χ1) is 9.19. The summed E-state index contributed by atoms with van der Waals surface area (Å²) in [7, 11) is 3.58. The first kappa shape index (κ1) is 13.9. The predicted molar refractivity (Wildman–Crippen MR) is 78.0 cm³/mol. The Kier molecular flexibility index (Phi) is 4.42. The van der Waals surface area contributed by atoms with Gasteiger partial charge in [-0.25, -0.2) is 9.67 Å². The largest absolute Gasteiger partial charge is 0.481 e. The van der Waals surface area contributed by atoms with Gasteiger partial charge in [-0.1, -0.05) is 13.8 Å². The Bertz CT molecular complexity index is 547. The Hall–Kier alpha value is -1.56. The predicted octanol–water partition coefficient (Wildman–Crippen LogP) is 2.62. The van der Waals surface area contributed by atoms with Crippen molar-refractivity contribution in [2.24, 2.45) is 7.05 Å². The highest BCUT2D eigenvalue weighted by atomic mass is 32.1. The third kappa shape index (κ3) is 2.89. The molecule has 0 aliphatic heterocycles. The summed E-state index contributed by atoms with van der Waals surface area (Å²) in [5.74, 6) is 0.816. The Morgan fingerprint density at radius 1 is 1.37 bits per heavy atom. The fraction of sp³-hybridized carbons (Fsp3) is 0.538. The number of hydrogen-bond acceptors (Lipinski definition) is 5. The molecule has 2 aromatic heterocycles. The first-order valence-corrected chi connectivity index (χ1v) is 7.28. The highest BCUT2D eigenvalue weighted by Crippen LogP contribution is 2.25. The second-order valence-corrected chi connectivity index (χ2v) is 5.37. The van der Waals surface area contributed by atoms with E-state index >= 15 is 0 Å². The van der Waals surface area contributed by atoms with Crippen LogP contribution in [0.25, 0.3) is 0 Å². The number of aryl methyl sites for hydroxylation is 3. The van der Waals surface area contributed by atoms with E-state index < -0.39 is 0 Å².